The molecule has 4 unspecified atom stereocenters. The van der Waals surface area contributed by atoms with Gasteiger partial charge in [-0.2, -0.15) is 0 Å². The third kappa shape index (κ3) is 1.82. The van der Waals surface area contributed by atoms with E-state index < -0.39 is 5.60 Å². The molecule has 4 heteroatoms. The first-order chi connectivity index (χ1) is 8.35. The van der Waals surface area contributed by atoms with Crippen LogP contribution in [0.4, 0.5) is 4.79 Å². The van der Waals surface area contributed by atoms with Gasteiger partial charge in [0, 0.05) is 25.4 Å². The number of carbonyl (C=O) groups is 2. The van der Waals surface area contributed by atoms with Gasteiger partial charge >= 0.3 is 6.09 Å². The van der Waals surface area contributed by atoms with Crippen molar-refractivity contribution in [3.63, 3.8) is 0 Å². The summed E-state index contributed by atoms with van der Waals surface area (Å²) < 4.78 is 5.41. The highest BCUT2D eigenvalue weighted by atomic mass is 16.6. The zero-order valence-electron chi connectivity index (χ0n) is 11.3. The van der Waals surface area contributed by atoms with Crippen LogP contribution in [0.25, 0.3) is 0 Å². The van der Waals surface area contributed by atoms with Crippen LogP contribution in [-0.2, 0) is 9.53 Å². The zero-order chi connectivity index (χ0) is 13.1. The molecule has 0 aromatic heterocycles. The van der Waals surface area contributed by atoms with Gasteiger partial charge in [-0.3, -0.25) is 4.79 Å². The first-order valence-corrected chi connectivity index (χ1v) is 6.86. The van der Waals surface area contributed by atoms with E-state index in [-0.39, 0.29) is 12.0 Å². The summed E-state index contributed by atoms with van der Waals surface area (Å²) in [5.41, 5.74) is -0.441. The molecule has 1 heterocycles. The van der Waals surface area contributed by atoms with Crippen LogP contribution in [0.15, 0.2) is 0 Å². The summed E-state index contributed by atoms with van der Waals surface area (Å²) in [4.78, 5) is 25.6. The normalized spacial score (nSPS) is 38.2. The number of hydrogen-bond acceptors (Lipinski definition) is 3. The Balaban J connectivity index is 1.67. The lowest BCUT2D eigenvalue weighted by Gasteiger charge is -2.25. The fourth-order valence-corrected chi connectivity index (χ4v) is 3.94. The SMILES string of the molecule is CC(C)(C)OC(=O)N1CC2C3CC(=O)C(C3)C2C1. The fourth-order valence-electron chi connectivity index (χ4n) is 3.94. The Kier molecular flexibility index (Phi) is 2.48. The van der Waals surface area contributed by atoms with Gasteiger partial charge in [-0.1, -0.05) is 0 Å². The molecule has 3 rings (SSSR count). The van der Waals surface area contributed by atoms with E-state index >= 15 is 0 Å². The Bertz CT molecular complexity index is 398. The van der Waals surface area contributed by atoms with Gasteiger partial charge in [-0.05, 0) is 44.9 Å². The van der Waals surface area contributed by atoms with E-state index in [4.69, 9.17) is 4.74 Å². The highest BCUT2D eigenvalue weighted by molar-refractivity contribution is 5.85. The Morgan fingerprint density at radius 3 is 2.61 bits per heavy atom. The molecular formula is C14H21NO3. The maximum atomic E-state index is 12.0. The van der Waals surface area contributed by atoms with E-state index in [9.17, 15) is 9.59 Å². The van der Waals surface area contributed by atoms with Crippen molar-refractivity contribution in [2.45, 2.75) is 39.2 Å². The van der Waals surface area contributed by atoms with Crippen LogP contribution in [-0.4, -0.2) is 35.5 Å². The maximum absolute atomic E-state index is 12.0. The summed E-state index contributed by atoms with van der Waals surface area (Å²) >= 11 is 0. The van der Waals surface area contributed by atoms with Gasteiger partial charge in [0.15, 0.2) is 0 Å². The summed E-state index contributed by atoms with van der Waals surface area (Å²) in [6.07, 6.45) is 1.59. The van der Waals surface area contributed by atoms with Gasteiger partial charge in [-0.15, -0.1) is 0 Å². The fraction of sp³-hybridized carbons (Fsp3) is 0.857. The lowest BCUT2D eigenvalue weighted by Crippen LogP contribution is -2.36. The third-order valence-electron chi connectivity index (χ3n) is 4.62. The summed E-state index contributed by atoms with van der Waals surface area (Å²) in [7, 11) is 0. The molecule has 0 aromatic rings. The molecule has 0 aromatic carbocycles. The van der Waals surface area contributed by atoms with Gasteiger partial charge in [0.1, 0.15) is 11.4 Å². The van der Waals surface area contributed by atoms with Gasteiger partial charge in [0.25, 0.3) is 0 Å². The second kappa shape index (κ2) is 3.72. The second-order valence-corrected chi connectivity index (χ2v) is 6.99. The molecular weight excluding hydrogens is 230 g/mol. The summed E-state index contributed by atoms with van der Waals surface area (Å²) in [5, 5.41) is 0. The van der Waals surface area contributed by atoms with Crippen LogP contribution in [0.2, 0.25) is 0 Å². The van der Waals surface area contributed by atoms with E-state index in [1.165, 1.54) is 0 Å². The summed E-state index contributed by atoms with van der Waals surface area (Å²) in [5.74, 6) is 2.13. The minimum absolute atomic E-state index is 0.219. The monoisotopic (exact) mass is 251 g/mol. The number of Topliss-reactive ketones (excluding diaryl/α,β-unsaturated/α-hetero) is 1. The standard InChI is InChI=1S/C14H21NO3/c1-14(2,3)18-13(17)15-6-10-8-4-9(11(10)7-15)12(16)5-8/h8-11H,4-7H2,1-3H3. The lowest BCUT2D eigenvalue weighted by atomic mass is 9.81. The third-order valence-corrected chi connectivity index (χ3v) is 4.62. The molecule has 1 saturated heterocycles. The van der Waals surface area contributed by atoms with Crippen LogP contribution < -0.4 is 0 Å². The van der Waals surface area contributed by atoms with Crippen molar-refractivity contribution in [1.82, 2.24) is 4.90 Å². The van der Waals surface area contributed by atoms with Crippen molar-refractivity contribution in [3.05, 3.63) is 0 Å². The van der Waals surface area contributed by atoms with Crippen molar-refractivity contribution < 1.29 is 14.3 Å². The minimum Gasteiger partial charge on any atom is -0.444 e. The van der Waals surface area contributed by atoms with Gasteiger partial charge < -0.3 is 9.64 Å². The van der Waals surface area contributed by atoms with Crippen LogP contribution in [0, 0.1) is 23.7 Å². The van der Waals surface area contributed by atoms with E-state index in [0.717, 1.165) is 19.4 Å². The molecule has 3 aliphatic rings. The predicted octanol–water partition coefficient (Wildman–Crippen LogP) is 2.08. The topological polar surface area (TPSA) is 46.6 Å². The maximum Gasteiger partial charge on any atom is 0.410 e. The number of carbonyl (C=O) groups excluding carboxylic acids is 2. The number of ketones is 1. The largest absolute Gasteiger partial charge is 0.444 e. The first kappa shape index (κ1) is 12.0. The average molecular weight is 251 g/mol. The molecule has 1 aliphatic heterocycles. The quantitative estimate of drug-likeness (QED) is 0.662. The summed E-state index contributed by atoms with van der Waals surface area (Å²) in [6.45, 7) is 7.15. The van der Waals surface area contributed by atoms with Crippen LogP contribution in [0.5, 0.6) is 0 Å². The Morgan fingerprint density at radius 2 is 1.94 bits per heavy atom. The molecule has 0 N–H and O–H groups in total. The van der Waals surface area contributed by atoms with E-state index in [2.05, 4.69) is 0 Å². The molecule has 4 atom stereocenters. The highest BCUT2D eigenvalue weighted by Crippen LogP contribution is 2.53. The first-order valence-electron chi connectivity index (χ1n) is 6.86. The number of hydrogen-bond donors (Lipinski definition) is 0. The minimum atomic E-state index is -0.441. The molecule has 4 nitrogen and oxygen atoms in total. The number of likely N-dealkylation sites (tertiary alicyclic amines) is 1. The van der Waals surface area contributed by atoms with Crippen molar-refractivity contribution >= 4 is 11.9 Å². The molecule has 0 radical (unpaired) electrons. The molecule has 2 saturated carbocycles. The van der Waals surface area contributed by atoms with Crippen molar-refractivity contribution in [3.8, 4) is 0 Å². The number of nitrogens with zero attached hydrogens (tertiary/aromatic N) is 1. The van der Waals surface area contributed by atoms with Gasteiger partial charge in [0.2, 0.25) is 0 Å². The zero-order valence-corrected chi connectivity index (χ0v) is 11.3. The van der Waals surface area contributed by atoms with Gasteiger partial charge in [-0.25, -0.2) is 4.79 Å². The van der Waals surface area contributed by atoms with Gasteiger partial charge in [0.05, 0.1) is 0 Å². The lowest BCUT2D eigenvalue weighted by molar-refractivity contribution is -0.123. The Morgan fingerprint density at radius 1 is 1.28 bits per heavy atom. The summed E-state index contributed by atoms with van der Waals surface area (Å²) in [6, 6.07) is 0. The second-order valence-electron chi connectivity index (χ2n) is 6.99. The molecule has 3 fully saturated rings. The van der Waals surface area contributed by atoms with Crippen LogP contribution in [0.3, 0.4) is 0 Å². The van der Waals surface area contributed by atoms with E-state index in [1.54, 1.807) is 4.90 Å². The number of amides is 1. The molecule has 100 valence electrons. The van der Waals surface area contributed by atoms with Crippen LogP contribution >= 0.6 is 0 Å². The molecule has 2 aliphatic carbocycles. The molecule has 18 heavy (non-hydrogen) atoms. The Labute approximate surface area is 108 Å². The predicted molar refractivity (Wildman–Crippen MR) is 66.0 cm³/mol. The Hall–Kier alpha value is -1.06. The smallest absolute Gasteiger partial charge is 0.410 e. The number of fused-ring (bicyclic) bond motifs is 5. The van der Waals surface area contributed by atoms with Crippen molar-refractivity contribution in [2.75, 3.05) is 13.1 Å². The highest BCUT2D eigenvalue weighted by Gasteiger charge is 2.56. The van der Waals surface area contributed by atoms with Crippen molar-refractivity contribution in [2.24, 2.45) is 23.7 Å². The number of ether oxygens (including phenoxy) is 1. The molecule has 2 bridgehead atoms. The van der Waals surface area contributed by atoms with Crippen molar-refractivity contribution in [1.29, 1.82) is 0 Å². The van der Waals surface area contributed by atoms with Crippen LogP contribution in [0.1, 0.15) is 33.6 Å². The van der Waals surface area contributed by atoms with E-state index in [0.29, 0.717) is 30.1 Å². The molecule has 1 amide bonds. The number of rotatable bonds is 0. The van der Waals surface area contributed by atoms with E-state index in [1.807, 2.05) is 20.8 Å². The average Bonchev–Trinajstić information content (AvgIpc) is 2.82. The molecule has 0 spiro atoms.